The first-order chi connectivity index (χ1) is 9.54. The molecule has 0 spiro atoms. The molecule has 7 nitrogen and oxygen atoms in total. The van der Waals surface area contributed by atoms with E-state index < -0.39 is 5.97 Å². The topological polar surface area (TPSA) is 95.4 Å². The van der Waals surface area contributed by atoms with Crippen LogP contribution in [-0.4, -0.2) is 46.6 Å². The Kier molecular flexibility index (Phi) is 4.29. The third-order valence-electron chi connectivity index (χ3n) is 2.74. The predicted molar refractivity (Wildman–Crippen MR) is 73.1 cm³/mol. The number of aliphatic carboxylic acids is 1. The van der Waals surface area contributed by atoms with Crippen LogP contribution in [0.2, 0.25) is 0 Å². The molecule has 0 saturated heterocycles. The van der Waals surface area contributed by atoms with Gasteiger partial charge in [-0.2, -0.15) is 0 Å². The summed E-state index contributed by atoms with van der Waals surface area (Å²) in [5.41, 5.74) is 0.590. The summed E-state index contributed by atoms with van der Waals surface area (Å²) >= 11 is 0. The van der Waals surface area contributed by atoms with Crippen LogP contribution in [-0.2, 0) is 9.59 Å². The zero-order chi connectivity index (χ0) is 14.5. The number of carboxylic acids is 1. The van der Waals surface area contributed by atoms with E-state index in [4.69, 9.17) is 5.11 Å². The van der Waals surface area contributed by atoms with Crippen LogP contribution in [0.3, 0.4) is 0 Å². The summed E-state index contributed by atoms with van der Waals surface area (Å²) in [4.78, 5) is 31.9. The van der Waals surface area contributed by atoms with Crippen LogP contribution < -0.4 is 10.2 Å². The van der Waals surface area contributed by atoms with Crippen LogP contribution in [0.4, 0.5) is 5.95 Å². The Hall–Kier alpha value is -2.44. The summed E-state index contributed by atoms with van der Waals surface area (Å²) in [6.45, 7) is 0.195. The van der Waals surface area contributed by atoms with Gasteiger partial charge < -0.3 is 15.3 Å². The highest BCUT2D eigenvalue weighted by atomic mass is 16.4. The fraction of sp³-hybridized carbons (Fsp3) is 0.385. The van der Waals surface area contributed by atoms with Crippen molar-refractivity contribution < 1.29 is 14.7 Å². The molecule has 1 aliphatic carbocycles. The van der Waals surface area contributed by atoms with Crippen molar-refractivity contribution in [2.75, 3.05) is 18.5 Å². The number of anilines is 1. The first-order valence-corrected chi connectivity index (χ1v) is 6.28. The van der Waals surface area contributed by atoms with Crippen LogP contribution in [0, 0.1) is 0 Å². The van der Waals surface area contributed by atoms with E-state index in [9.17, 15) is 9.59 Å². The van der Waals surface area contributed by atoms with E-state index in [0.29, 0.717) is 17.6 Å². The lowest BCUT2D eigenvalue weighted by atomic mass is 10.3. The Labute approximate surface area is 116 Å². The van der Waals surface area contributed by atoms with Gasteiger partial charge in [0.25, 0.3) is 0 Å². The second-order valence-electron chi connectivity index (χ2n) is 4.69. The summed E-state index contributed by atoms with van der Waals surface area (Å²) in [5.74, 6) is -0.653. The van der Waals surface area contributed by atoms with Crippen LogP contribution in [0.5, 0.6) is 0 Å². The Bertz CT molecular complexity index is 523. The van der Waals surface area contributed by atoms with E-state index in [1.54, 1.807) is 11.9 Å². The number of carboxylic acid groups (broad SMARTS) is 1. The smallest absolute Gasteiger partial charge is 0.328 e. The zero-order valence-electron chi connectivity index (χ0n) is 11.1. The first-order valence-electron chi connectivity index (χ1n) is 6.28. The van der Waals surface area contributed by atoms with Gasteiger partial charge in [0.2, 0.25) is 11.9 Å². The number of carbonyl (C=O) groups excluding carboxylic acids is 1. The van der Waals surface area contributed by atoms with Crippen LogP contribution >= 0.6 is 0 Å². The second-order valence-corrected chi connectivity index (χ2v) is 4.69. The number of aromatic nitrogens is 2. The molecular formula is C13H16N4O3. The minimum atomic E-state index is -1.03. The van der Waals surface area contributed by atoms with Gasteiger partial charge in [-0.3, -0.25) is 4.79 Å². The molecule has 0 bridgehead atoms. The molecule has 0 aromatic carbocycles. The highest BCUT2D eigenvalue weighted by Gasteiger charge is 2.23. The van der Waals surface area contributed by atoms with Crippen molar-refractivity contribution >= 4 is 23.9 Å². The van der Waals surface area contributed by atoms with Crippen molar-refractivity contribution in [1.29, 1.82) is 0 Å². The number of amides is 1. The summed E-state index contributed by atoms with van der Waals surface area (Å²) in [5, 5.41) is 11.4. The van der Waals surface area contributed by atoms with Crippen molar-refractivity contribution in [1.82, 2.24) is 15.3 Å². The molecule has 2 rings (SSSR count). The van der Waals surface area contributed by atoms with E-state index in [2.05, 4.69) is 15.3 Å². The number of hydrogen-bond donors (Lipinski definition) is 2. The number of nitrogens with zero attached hydrogens (tertiary/aromatic N) is 3. The van der Waals surface area contributed by atoms with Crippen molar-refractivity contribution in [3.8, 4) is 0 Å². The van der Waals surface area contributed by atoms with Crippen LogP contribution in [0.25, 0.3) is 6.08 Å². The molecular weight excluding hydrogens is 260 g/mol. The molecule has 0 unspecified atom stereocenters. The fourth-order valence-corrected chi connectivity index (χ4v) is 1.57. The Morgan fingerprint density at radius 1 is 1.45 bits per heavy atom. The molecule has 1 aromatic heterocycles. The zero-order valence-corrected chi connectivity index (χ0v) is 11.1. The van der Waals surface area contributed by atoms with E-state index in [0.717, 1.165) is 18.9 Å². The summed E-state index contributed by atoms with van der Waals surface area (Å²) in [6.07, 6.45) is 7.55. The van der Waals surface area contributed by atoms with E-state index in [1.807, 2.05) is 0 Å². The van der Waals surface area contributed by atoms with E-state index in [1.165, 1.54) is 18.5 Å². The molecule has 7 heteroatoms. The molecule has 20 heavy (non-hydrogen) atoms. The number of nitrogens with one attached hydrogen (secondary N) is 1. The number of rotatable bonds is 6. The quantitative estimate of drug-likeness (QED) is 0.725. The molecule has 1 aromatic rings. The van der Waals surface area contributed by atoms with Crippen LogP contribution in [0.15, 0.2) is 18.5 Å². The van der Waals surface area contributed by atoms with Gasteiger partial charge in [-0.1, -0.05) is 0 Å². The average molecular weight is 276 g/mol. The van der Waals surface area contributed by atoms with Crippen molar-refractivity contribution in [2.45, 2.75) is 18.9 Å². The Balaban J connectivity index is 1.90. The highest BCUT2D eigenvalue weighted by Crippen LogP contribution is 2.18. The Morgan fingerprint density at radius 3 is 2.65 bits per heavy atom. The first kappa shape index (κ1) is 14.0. The van der Waals surface area contributed by atoms with Gasteiger partial charge >= 0.3 is 5.97 Å². The molecule has 2 N–H and O–H groups in total. The molecule has 1 heterocycles. The molecule has 0 aliphatic heterocycles. The third kappa shape index (κ3) is 4.34. The SMILES string of the molecule is CN(CC(=O)NC1CC1)c1ncc(/C=C/C(=O)O)cn1. The normalized spacial score (nSPS) is 14.2. The van der Waals surface area contributed by atoms with Crippen molar-refractivity contribution in [2.24, 2.45) is 0 Å². The van der Waals surface area contributed by atoms with Crippen LogP contribution in [0.1, 0.15) is 18.4 Å². The number of hydrogen-bond acceptors (Lipinski definition) is 5. The molecule has 1 aliphatic rings. The van der Waals surface area contributed by atoms with Gasteiger partial charge in [-0.05, 0) is 18.9 Å². The van der Waals surface area contributed by atoms with Gasteiger partial charge in [0.05, 0.1) is 6.54 Å². The number of likely N-dealkylation sites (N-methyl/N-ethyl adjacent to an activating group) is 1. The van der Waals surface area contributed by atoms with Gasteiger partial charge in [0, 0.05) is 37.1 Å². The molecule has 1 fully saturated rings. The lowest BCUT2D eigenvalue weighted by molar-refractivity contribution is -0.131. The summed E-state index contributed by atoms with van der Waals surface area (Å²) in [6, 6.07) is 0.334. The fourth-order valence-electron chi connectivity index (χ4n) is 1.57. The highest BCUT2D eigenvalue weighted by molar-refractivity contribution is 5.85. The van der Waals surface area contributed by atoms with Crippen molar-refractivity contribution in [3.05, 3.63) is 24.0 Å². The standard InChI is InChI=1S/C13H16N4O3/c1-17(8-11(18)16-10-3-4-10)13-14-6-9(7-15-13)2-5-12(19)20/h2,5-7,10H,3-4,8H2,1H3,(H,16,18)(H,19,20)/b5-2+. The van der Waals surface area contributed by atoms with E-state index in [-0.39, 0.29) is 12.5 Å². The van der Waals surface area contributed by atoms with Gasteiger partial charge in [-0.25, -0.2) is 14.8 Å². The summed E-state index contributed by atoms with van der Waals surface area (Å²) in [7, 11) is 1.73. The lowest BCUT2D eigenvalue weighted by Crippen LogP contribution is -2.36. The minimum absolute atomic E-state index is 0.0477. The molecule has 0 atom stereocenters. The van der Waals surface area contributed by atoms with E-state index >= 15 is 0 Å². The average Bonchev–Trinajstić information content (AvgIpc) is 3.20. The van der Waals surface area contributed by atoms with Gasteiger partial charge in [0.1, 0.15) is 0 Å². The Morgan fingerprint density at radius 2 is 2.10 bits per heavy atom. The molecule has 1 amide bonds. The molecule has 106 valence electrons. The third-order valence-corrected chi connectivity index (χ3v) is 2.74. The molecule has 0 radical (unpaired) electrons. The van der Waals surface area contributed by atoms with Crippen molar-refractivity contribution in [3.63, 3.8) is 0 Å². The predicted octanol–water partition coefficient (Wildman–Crippen LogP) is 0.289. The van der Waals surface area contributed by atoms with Gasteiger partial charge in [-0.15, -0.1) is 0 Å². The largest absolute Gasteiger partial charge is 0.478 e. The maximum atomic E-state index is 11.6. The maximum Gasteiger partial charge on any atom is 0.328 e. The number of carbonyl (C=O) groups is 2. The monoisotopic (exact) mass is 276 g/mol. The lowest BCUT2D eigenvalue weighted by Gasteiger charge is -2.16. The van der Waals surface area contributed by atoms with Gasteiger partial charge in [0.15, 0.2) is 0 Å². The minimum Gasteiger partial charge on any atom is -0.478 e. The molecule has 1 saturated carbocycles. The second kappa shape index (κ2) is 6.14. The summed E-state index contributed by atoms with van der Waals surface area (Å²) < 4.78 is 0. The maximum absolute atomic E-state index is 11.6.